The fourth-order valence-corrected chi connectivity index (χ4v) is 5.39. The lowest BCUT2D eigenvalue weighted by atomic mass is 9.89. The molecule has 29 heavy (non-hydrogen) atoms. The minimum atomic E-state index is -0.424. The van der Waals surface area contributed by atoms with Crippen LogP contribution in [-0.2, 0) is 17.6 Å². The Kier molecular flexibility index (Phi) is 6.19. The topological polar surface area (TPSA) is 67.4 Å². The zero-order chi connectivity index (χ0) is 20.2. The summed E-state index contributed by atoms with van der Waals surface area (Å²) in [4.78, 5) is 25.1. The van der Waals surface area contributed by atoms with Gasteiger partial charge < -0.3 is 10.1 Å². The number of urea groups is 1. The first-order chi connectivity index (χ1) is 14.2. The number of esters is 1. The fraction of sp³-hybridized carbons (Fsp3) is 0.478. The number of thiophene rings is 1. The Balaban J connectivity index is 1.58. The number of anilines is 1. The van der Waals surface area contributed by atoms with Gasteiger partial charge in [0.15, 0.2) is 0 Å². The number of rotatable bonds is 4. The van der Waals surface area contributed by atoms with E-state index in [1.807, 2.05) is 5.38 Å². The van der Waals surface area contributed by atoms with Gasteiger partial charge in [0.1, 0.15) is 10.6 Å². The number of hydrogen-bond acceptors (Lipinski definition) is 4. The van der Waals surface area contributed by atoms with Gasteiger partial charge >= 0.3 is 12.0 Å². The second-order valence-corrected chi connectivity index (χ2v) is 8.85. The smallest absolute Gasteiger partial charge is 0.341 e. The highest BCUT2D eigenvalue weighted by Crippen LogP contribution is 2.37. The summed E-state index contributed by atoms with van der Waals surface area (Å²) in [7, 11) is 1.38. The zero-order valence-corrected chi connectivity index (χ0v) is 17.7. The van der Waals surface area contributed by atoms with Gasteiger partial charge in [-0.15, -0.1) is 11.3 Å². The van der Waals surface area contributed by atoms with Crippen LogP contribution in [0, 0.1) is 0 Å². The molecule has 1 saturated carbocycles. The van der Waals surface area contributed by atoms with Crippen molar-refractivity contribution in [3.05, 3.63) is 40.3 Å². The predicted octanol–water partition coefficient (Wildman–Crippen LogP) is 5.53. The monoisotopic (exact) mass is 412 g/mol. The summed E-state index contributed by atoms with van der Waals surface area (Å²) in [6.07, 6.45) is 10.2. The maximum Gasteiger partial charge on any atom is 0.341 e. The second kappa shape index (κ2) is 8.99. The summed E-state index contributed by atoms with van der Waals surface area (Å²) in [5, 5.41) is 8.42. The predicted molar refractivity (Wildman–Crippen MR) is 117 cm³/mol. The highest BCUT2D eigenvalue weighted by atomic mass is 32.1. The van der Waals surface area contributed by atoms with Gasteiger partial charge in [0.25, 0.3) is 0 Å². The van der Waals surface area contributed by atoms with E-state index in [0.29, 0.717) is 10.6 Å². The van der Waals surface area contributed by atoms with Crippen LogP contribution in [0.2, 0.25) is 0 Å². The minimum absolute atomic E-state index is 0.213. The first-order valence-corrected chi connectivity index (χ1v) is 11.4. The molecule has 0 aliphatic heterocycles. The van der Waals surface area contributed by atoms with Crippen LogP contribution in [0.5, 0.6) is 0 Å². The van der Waals surface area contributed by atoms with E-state index in [1.54, 1.807) is 0 Å². The van der Waals surface area contributed by atoms with Crippen LogP contribution in [0.25, 0.3) is 11.1 Å². The summed E-state index contributed by atoms with van der Waals surface area (Å²) in [6.45, 7) is 0. The molecule has 1 heterocycles. The standard InChI is InChI=1S/C23H28N2O3S/c1-28-22(26)20-19(17-12-11-15-7-5-6-8-16(15)13-17)14-29-21(20)25-23(27)24-18-9-3-2-4-10-18/h11-14,18H,2-10H2,1H3,(H2,24,25,27). The summed E-state index contributed by atoms with van der Waals surface area (Å²) >= 11 is 1.37. The Morgan fingerprint density at radius 3 is 2.55 bits per heavy atom. The molecule has 1 fully saturated rings. The van der Waals surface area contributed by atoms with E-state index >= 15 is 0 Å². The molecule has 2 aliphatic rings. The number of nitrogens with one attached hydrogen (secondary N) is 2. The van der Waals surface area contributed by atoms with Crippen LogP contribution in [0.15, 0.2) is 23.6 Å². The van der Waals surface area contributed by atoms with Crippen molar-refractivity contribution in [1.29, 1.82) is 0 Å². The van der Waals surface area contributed by atoms with Crippen molar-refractivity contribution in [3.63, 3.8) is 0 Å². The lowest BCUT2D eigenvalue weighted by molar-refractivity contribution is 0.0603. The SMILES string of the molecule is COC(=O)c1c(-c2ccc3c(c2)CCCC3)csc1NC(=O)NC1CCCCC1. The molecule has 0 saturated heterocycles. The van der Waals surface area contributed by atoms with E-state index in [0.717, 1.165) is 49.7 Å². The first-order valence-electron chi connectivity index (χ1n) is 10.5. The molecule has 1 aromatic carbocycles. The third kappa shape index (κ3) is 4.47. The Morgan fingerprint density at radius 2 is 1.79 bits per heavy atom. The van der Waals surface area contributed by atoms with Crippen LogP contribution < -0.4 is 10.6 Å². The van der Waals surface area contributed by atoms with E-state index in [9.17, 15) is 9.59 Å². The molecule has 0 radical (unpaired) electrons. The highest BCUT2D eigenvalue weighted by molar-refractivity contribution is 7.15. The Morgan fingerprint density at radius 1 is 1.03 bits per heavy atom. The van der Waals surface area contributed by atoms with E-state index in [1.165, 1.54) is 48.8 Å². The van der Waals surface area contributed by atoms with Gasteiger partial charge in [0, 0.05) is 17.0 Å². The third-order valence-corrected chi connectivity index (χ3v) is 6.90. The van der Waals surface area contributed by atoms with Crippen molar-refractivity contribution in [2.75, 3.05) is 12.4 Å². The number of ether oxygens (including phenoxy) is 1. The quantitative estimate of drug-likeness (QED) is 0.649. The number of fused-ring (bicyclic) bond motifs is 1. The Labute approximate surface area is 175 Å². The Hall–Kier alpha value is -2.34. The molecule has 0 bridgehead atoms. The number of benzene rings is 1. The summed E-state index contributed by atoms with van der Waals surface area (Å²) in [6, 6.07) is 6.40. The van der Waals surface area contributed by atoms with Gasteiger partial charge in [-0.2, -0.15) is 0 Å². The summed E-state index contributed by atoms with van der Waals surface area (Å²) in [5.41, 5.74) is 5.03. The van der Waals surface area contributed by atoms with Gasteiger partial charge in [-0.25, -0.2) is 9.59 Å². The average molecular weight is 413 g/mol. The van der Waals surface area contributed by atoms with Crippen LogP contribution in [-0.4, -0.2) is 25.2 Å². The van der Waals surface area contributed by atoms with Crippen molar-refractivity contribution in [2.24, 2.45) is 0 Å². The first kappa shape index (κ1) is 20.0. The van der Waals surface area contributed by atoms with Gasteiger partial charge in [-0.1, -0.05) is 37.5 Å². The number of amides is 2. The van der Waals surface area contributed by atoms with Gasteiger partial charge in [0.05, 0.1) is 7.11 Å². The summed E-state index contributed by atoms with van der Waals surface area (Å²) < 4.78 is 5.04. The summed E-state index contributed by atoms with van der Waals surface area (Å²) in [5.74, 6) is -0.424. The molecule has 154 valence electrons. The number of aryl methyl sites for hydroxylation is 2. The molecule has 2 amide bonds. The zero-order valence-electron chi connectivity index (χ0n) is 16.9. The largest absolute Gasteiger partial charge is 0.465 e. The van der Waals surface area contributed by atoms with E-state index in [-0.39, 0.29) is 12.1 Å². The number of methoxy groups -OCH3 is 1. The molecular formula is C23H28N2O3S. The van der Waals surface area contributed by atoms with Gasteiger partial charge in [-0.3, -0.25) is 5.32 Å². The lowest BCUT2D eigenvalue weighted by Crippen LogP contribution is -2.39. The van der Waals surface area contributed by atoms with Crippen LogP contribution in [0.3, 0.4) is 0 Å². The molecule has 4 rings (SSSR count). The van der Waals surface area contributed by atoms with Crippen LogP contribution >= 0.6 is 11.3 Å². The van der Waals surface area contributed by atoms with E-state index < -0.39 is 5.97 Å². The third-order valence-electron chi connectivity index (χ3n) is 6.01. The maximum atomic E-state index is 12.6. The number of hydrogen-bond donors (Lipinski definition) is 2. The second-order valence-electron chi connectivity index (χ2n) is 7.97. The molecule has 5 nitrogen and oxygen atoms in total. The van der Waals surface area contributed by atoms with Crippen molar-refractivity contribution in [2.45, 2.75) is 63.8 Å². The lowest BCUT2D eigenvalue weighted by Gasteiger charge is -2.22. The highest BCUT2D eigenvalue weighted by Gasteiger charge is 2.24. The molecule has 2 aromatic rings. The maximum absolute atomic E-state index is 12.6. The van der Waals surface area contributed by atoms with Crippen molar-refractivity contribution >= 4 is 28.3 Å². The van der Waals surface area contributed by atoms with E-state index in [4.69, 9.17) is 4.74 Å². The molecule has 1 aromatic heterocycles. The van der Waals surface area contributed by atoms with Crippen molar-refractivity contribution in [1.82, 2.24) is 5.32 Å². The molecule has 0 unspecified atom stereocenters. The minimum Gasteiger partial charge on any atom is -0.465 e. The molecule has 0 atom stereocenters. The van der Waals surface area contributed by atoms with Crippen LogP contribution in [0.1, 0.15) is 66.4 Å². The average Bonchev–Trinajstić information content (AvgIpc) is 3.16. The van der Waals surface area contributed by atoms with Crippen molar-refractivity contribution in [3.8, 4) is 11.1 Å². The molecule has 6 heteroatoms. The van der Waals surface area contributed by atoms with Gasteiger partial charge in [-0.05, 0) is 55.2 Å². The molecule has 2 N–H and O–H groups in total. The van der Waals surface area contributed by atoms with Gasteiger partial charge in [0.2, 0.25) is 0 Å². The van der Waals surface area contributed by atoms with Crippen LogP contribution in [0.4, 0.5) is 9.80 Å². The molecule has 2 aliphatic carbocycles. The normalized spacial score (nSPS) is 16.7. The fourth-order valence-electron chi connectivity index (χ4n) is 4.44. The van der Waals surface area contributed by atoms with Crippen molar-refractivity contribution < 1.29 is 14.3 Å². The number of carbonyl (C=O) groups is 2. The molecule has 0 spiro atoms. The Bertz CT molecular complexity index is 900. The van der Waals surface area contributed by atoms with E-state index in [2.05, 4.69) is 28.8 Å². The number of carbonyl (C=O) groups excluding carboxylic acids is 2. The molecular weight excluding hydrogens is 384 g/mol.